The third-order valence-corrected chi connectivity index (χ3v) is 4.39. The molecular weight excluding hydrogens is 362 g/mol. The largest absolute Gasteiger partial charge is 0.455 e. The Morgan fingerprint density at radius 1 is 0.864 bits per heavy atom. The maximum Gasteiger partial charge on any atom is 0.146 e. The first-order chi connectivity index (χ1) is 10.7. The number of rotatable bonds is 2. The summed E-state index contributed by atoms with van der Waals surface area (Å²) in [5, 5.41) is 2.78. The first-order valence-electron chi connectivity index (χ1n) is 6.85. The Hall–Kier alpha value is -1.97. The molecule has 0 radical (unpaired) electrons. The quantitative estimate of drug-likeness (QED) is 0.425. The molecule has 0 amide bonds. The fourth-order valence-corrected chi connectivity index (χ4v) is 3.34. The van der Waals surface area contributed by atoms with E-state index in [1.807, 2.05) is 48.5 Å². The van der Waals surface area contributed by atoms with Crippen molar-refractivity contribution in [3.05, 3.63) is 70.2 Å². The van der Waals surface area contributed by atoms with Crippen LogP contribution in [0.25, 0.3) is 21.8 Å². The molecule has 4 aromatic rings. The maximum absolute atomic E-state index is 6.26. The molecule has 1 heterocycles. The fourth-order valence-electron chi connectivity index (χ4n) is 2.63. The molecule has 0 aliphatic carbocycles. The predicted octanol–water partition coefficient (Wildman–Crippen LogP) is 6.53. The minimum absolute atomic E-state index is 0.575. The molecule has 1 aromatic heterocycles. The van der Waals surface area contributed by atoms with Gasteiger partial charge in [0.2, 0.25) is 0 Å². The van der Waals surface area contributed by atoms with E-state index in [2.05, 4.69) is 33.0 Å². The summed E-state index contributed by atoms with van der Waals surface area (Å²) in [6.07, 6.45) is 0. The van der Waals surface area contributed by atoms with E-state index >= 15 is 0 Å². The Morgan fingerprint density at radius 2 is 1.68 bits per heavy atom. The van der Waals surface area contributed by atoms with Gasteiger partial charge in [0.15, 0.2) is 0 Å². The molecule has 3 aromatic carbocycles. The Kier molecular flexibility index (Phi) is 3.32. The van der Waals surface area contributed by atoms with Crippen LogP contribution in [-0.2, 0) is 0 Å². The number of ether oxygens (including phenoxy) is 1. The van der Waals surface area contributed by atoms with Gasteiger partial charge < -0.3 is 9.72 Å². The van der Waals surface area contributed by atoms with Crippen LogP contribution in [0.4, 0.5) is 0 Å². The van der Waals surface area contributed by atoms with Crippen molar-refractivity contribution in [3.8, 4) is 11.5 Å². The van der Waals surface area contributed by atoms with Crippen molar-refractivity contribution in [2.24, 2.45) is 0 Å². The van der Waals surface area contributed by atoms with Gasteiger partial charge in [-0.2, -0.15) is 0 Å². The second-order valence-corrected chi connectivity index (χ2v) is 6.35. The number of hydrogen-bond acceptors (Lipinski definition) is 1. The minimum atomic E-state index is 0.575. The molecule has 0 bridgehead atoms. The predicted molar refractivity (Wildman–Crippen MR) is 95.0 cm³/mol. The van der Waals surface area contributed by atoms with Gasteiger partial charge in [-0.05, 0) is 36.4 Å². The lowest BCUT2D eigenvalue weighted by Crippen LogP contribution is -1.86. The number of hydrogen-bond donors (Lipinski definition) is 1. The topological polar surface area (TPSA) is 25.0 Å². The van der Waals surface area contributed by atoms with Crippen LogP contribution in [0.2, 0.25) is 5.02 Å². The van der Waals surface area contributed by atoms with Crippen LogP contribution >= 0.6 is 27.5 Å². The number of benzene rings is 3. The Morgan fingerprint density at radius 3 is 2.55 bits per heavy atom. The summed E-state index contributed by atoms with van der Waals surface area (Å²) in [5.41, 5.74) is 2.14. The molecule has 0 spiro atoms. The van der Waals surface area contributed by atoms with E-state index in [0.717, 1.165) is 32.0 Å². The summed E-state index contributed by atoms with van der Waals surface area (Å²) in [7, 11) is 0. The van der Waals surface area contributed by atoms with Crippen LogP contribution in [0.1, 0.15) is 0 Å². The van der Waals surface area contributed by atoms with Gasteiger partial charge in [0, 0.05) is 15.4 Å². The molecule has 1 N–H and O–H groups in total. The molecular formula is C18H11BrClNO. The number of H-pyrrole nitrogens is 1. The number of para-hydroxylation sites is 1. The number of aromatic nitrogens is 1. The highest BCUT2D eigenvalue weighted by atomic mass is 79.9. The first kappa shape index (κ1) is 13.7. The van der Waals surface area contributed by atoms with Gasteiger partial charge in [-0.1, -0.05) is 51.8 Å². The van der Waals surface area contributed by atoms with E-state index in [4.69, 9.17) is 16.3 Å². The zero-order chi connectivity index (χ0) is 15.1. The summed E-state index contributed by atoms with van der Waals surface area (Å²) in [4.78, 5) is 3.41. The Bertz CT molecular complexity index is 993. The van der Waals surface area contributed by atoms with Crippen LogP contribution in [0.15, 0.2) is 65.1 Å². The average molecular weight is 373 g/mol. The maximum atomic E-state index is 6.26. The molecule has 2 nitrogen and oxygen atoms in total. The second kappa shape index (κ2) is 5.34. The van der Waals surface area contributed by atoms with Gasteiger partial charge in [-0.3, -0.25) is 0 Å². The lowest BCUT2D eigenvalue weighted by atomic mass is 10.1. The lowest BCUT2D eigenvalue weighted by Gasteiger charge is -2.09. The number of halogens is 2. The van der Waals surface area contributed by atoms with Crippen molar-refractivity contribution in [2.45, 2.75) is 0 Å². The highest BCUT2D eigenvalue weighted by Crippen LogP contribution is 2.38. The zero-order valence-corrected chi connectivity index (χ0v) is 13.8. The average Bonchev–Trinajstić information content (AvgIpc) is 2.89. The first-order valence-corrected chi connectivity index (χ1v) is 8.02. The third kappa shape index (κ3) is 2.27. The molecule has 0 saturated carbocycles. The van der Waals surface area contributed by atoms with Crippen molar-refractivity contribution in [1.29, 1.82) is 0 Å². The van der Waals surface area contributed by atoms with E-state index in [1.165, 1.54) is 0 Å². The van der Waals surface area contributed by atoms with E-state index in [1.54, 1.807) is 0 Å². The molecule has 0 atom stereocenters. The lowest BCUT2D eigenvalue weighted by molar-refractivity contribution is 0.489. The molecule has 108 valence electrons. The van der Waals surface area contributed by atoms with Crippen LogP contribution in [0, 0.1) is 0 Å². The Balaban J connectivity index is 1.91. The smallest absolute Gasteiger partial charge is 0.146 e. The zero-order valence-electron chi connectivity index (χ0n) is 11.4. The second-order valence-electron chi connectivity index (χ2n) is 5.03. The van der Waals surface area contributed by atoms with Gasteiger partial charge in [0.1, 0.15) is 11.5 Å². The van der Waals surface area contributed by atoms with E-state index in [-0.39, 0.29) is 0 Å². The van der Waals surface area contributed by atoms with E-state index in [0.29, 0.717) is 10.8 Å². The highest BCUT2D eigenvalue weighted by molar-refractivity contribution is 9.10. The number of aromatic amines is 1. The number of fused-ring (bicyclic) bond motifs is 3. The summed E-state index contributed by atoms with van der Waals surface area (Å²) in [6.45, 7) is 0. The van der Waals surface area contributed by atoms with Gasteiger partial charge in [0.25, 0.3) is 0 Å². The Labute approximate surface area is 140 Å². The minimum Gasteiger partial charge on any atom is -0.455 e. The molecule has 0 saturated heterocycles. The molecule has 0 aliphatic rings. The molecule has 22 heavy (non-hydrogen) atoms. The highest BCUT2D eigenvalue weighted by Gasteiger charge is 2.11. The van der Waals surface area contributed by atoms with Crippen LogP contribution in [0.5, 0.6) is 11.5 Å². The SMILES string of the molecule is Clc1cc(Br)ccc1Oc1cccc2[nH]c3ccccc3c12. The molecule has 4 rings (SSSR count). The van der Waals surface area contributed by atoms with Gasteiger partial charge in [-0.25, -0.2) is 0 Å². The van der Waals surface area contributed by atoms with Crippen molar-refractivity contribution in [2.75, 3.05) is 0 Å². The van der Waals surface area contributed by atoms with Crippen molar-refractivity contribution < 1.29 is 4.74 Å². The van der Waals surface area contributed by atoms with Gasteiger partial charge in [-0.15, -0.1) is 0 Å². The van der Waals surface area contributed by atoms with Crippen LogP contribution < -0.4 is 4.74 Å². The van der Waals surface area contributed by atoms with Crippen molar-refractivity contribution in [1.82, 2.24) is 4.98 Å². The van der Waals surface area contributed by atoms with E-state index < -0.39 is 0 Å². The van der Waals surface area contributed by atoms with Crippen LogP contribution in [-0.4, -0.2) is 4.98 Å². The van der Waals surface area contributed by atoms with E-state index in [9.17, 15) is 0 Å². The monoisotopic (exact) mass is 371 g/mol. The summed E-state index contributed by atoms with van der Waals surface area (Å²) in [6, 6.07) is 19.8. The summed E-state index contributed by atoms with van der Waals surface area (Å²) < 4.78 is 7.00. The summed E-state index contributed by atoms with van der Waals surface area (Å²) in [5.74, 6) is 1.43. The van der Waals surface area contributed by atoms with Crippen molar-refractivity contribution >= 4 is 49.3 Å². The molecule has 4 heteroatoms. The van der Waals surface area contributed by atoms with Gasteiger partial charge >= 0.3 is 0 Å². The third-order valence-electron chi connectivity index (χ3n) is 3.61. The molecule has 0 fully saturated rings. The normalized spacial score (nSPS) is 11.2. The van der Waals surface area contributed by atoms with Crippen LogP contribution in [0.3, 0.4) is 0 Å². The summed E-state index contributed by atoms with van der Waals surface area (Å²) >= 11 is 9.66. The molecule has 0 aliphatic heterocycles. The van der Waals surface area contributed by atoms with Gasteiger partial charge in [0.05, 0.1) is 15.9 Å². The van der Waals surface area contributed by atoms with Crippen molar-refractivity contribution in [3.63, 3.8) is 0 Å². The number of nitrogens with one attached hydrogen (secondary N) is 1. The fraction of sp³-hybridized carbons (Fsp3) is 0. The molecule has 0 unspecified atom stereocenters. The standard InChI is InChI=1S/C18H11BrClNO/c19-11-8-9-16(13(20)10-11)22-17-7-3-6-15-18(17)12-4-1-2-5-14(12)21-15/h1-10,21H.